The Hall–Kier alpha value is -2.28. The molecule has 0 fully saturated rings. The number of carbonyl (C=O) groups is 1. The highest BCUT2D eigenvalue weighted by molar-refractivity contribution is 5.54. The molecule has 0 aliphatic heterocycles. The molecule has 17 heavy (non-hydrogen) atoms. The molecule has 2 aromatic heterocycles. The Kier molecular flexibility index (Phi) is 4.29. The minimum atomic E-state index is 0. The predicted octanol–water partition coefficient (Wildman–Crippen LogP) is 2.08. The number of rotatable bonds is 1. The number of imidazole rings is 1. The van der Waals surface area contributed by atoms with Crippen LogP contribution in [0.2, 0.25) is 0 Å². The third kappa shape index (κ3) is 2.85. The highest BCUT2D eigenvalue weighted by Crippen LogP contribution is 2.19. The van der Waals surface area contributed by atoms with Crippen molar-refractivity contribution in [3.8, 4) is 18.1 Å². The van der Waals surface area contributed by atoms with Gasteiger partial charge in [-0.05, 0) is 13.8 Å². The van der Waals surface area contributed by atoms with E-state index in [0.29, 0.717) is 5.75 Å². The van der Waals surface area contributed by atoms with E-state index in [0.717, 1.165) is 23.2 Å². The standard InChI is InChI=1S/C11H10N2O.C2H4O.H2/c1-4-9-7-13-6-8(2)12-11(13)5-10(9)14-3;1-2-3;/h1,5-7H,2-3H3;2H,1H3;1H. The molecule has 0 unspecified atom stereocenters. The SMILES string of the molecule is C#Cc1cn2cc(C)nc2cc1OC.CC=O.[HH]. The first-order valence-corrected chi connectivity index (χ1v) is 5.06. The molecule has 0 N–H and O–H groups in total. The number of nitrogens with zero attached hydrogens (tertiary/aromatic N) is 2. The summed E-state index contributed by atoms with van der Waals surface area (Å²) in [6, 6.07) is 1.84. The molecule has 4 nitrogen and oxygen atoms in total. The van der Waals surface area contributed by atoms with E-state index in [1.807, 2.05) is 29.8 Å². The van der Waals surface area contributed by atoms with Gasteiger partial charge in [0.15, 0.2) is 0 Å². The zero-order chi connectivity index (χ0) is 12.8. The zero-order valence-corrected chi connectivity index (χ0v) is 10.1. The summed E-state index contributed by atoms with van der Waals surface area (Å²) < 4.78 is 7.05. The molecule has 0 aliphatic carbocycles. The van der Waals surface area contributed by atoms with E-state index < -0.39 is 0 Å². The Morgan fingerprint density at radius 1 is 1.59 bits per heavy atom. The van der Waals surface area contributed by atoms with E-state index in [4.69, 9.17) is 16.0 Å². The molecule has 0 radical (unpaired) electrons. The van der Waals surface area contributed by atoms with Gasteiger partial charge in [0.1, 0.15) is 17.7 Å². The number of hydrogen-bond donors (Lipinski definition) is 0. The van der Waals surface area contributed by atoms with E-state index >= 15 is 0 Å². The minimum Gasteiger partial charge on any atom is -0.495 e. The number of fused-ring (bicyclic) bond motifs is 1. The van der Waals surface area contributed by atoms with Crippen molar-refractivity contribution < 1.29 is 11.0 Å². The summed E-state index contributed by atoms with van der Waals surface area (Å²) in [5.41, 5.74) is 2.54. The lowest BCUT2D eigenvalue weighted by molar-refractivity contribution is -0.106. The third-order valence-corrected chi connectivity index (χ3v) is 2.05. The fourth-order valence-corrected chi connectivity index (χ4v) is 1.42. The lowest BCUT2D eigenvalue weighted by Crippen LogP contribution is -1.92. The van der Waals surface area contributed by atoms with Crippen LogP contribution in [0.5, 0.6) is 5.75 Å². The van der Waals surface area contributed by atoms with Crippen molar-refractivity contribution in [2.24, 2.45) is 0 Å². The first-order chi connectivity index (χ1) is 8.15. The molecule has 0 saturated carbocycles. The number of methoxy groups -OCH3 is 1. The Labute approximate surface area is 102 Å². The number of ether oxygens (including phenoxy) is 1. The molecule has 0 amide bonds. The van der Waals surface area contributed by atoms with E-state index in [1.54, 1.807) is 7.11 Å². The Balaban J connectivity index is 0.000000660. The number of aromatic nitrogens is 2. The maximum absolute atomic E-state index is 8.81. The second kappa shape index (κ2) is 5.71. The summed E-state index contributed by atoms with van der Waals surface area (Å²) in [4.78, 5) is 13.1. The molecule has 0 spiro atoms. The van der Waals surface area contributed by atoms with Crippen molar-refractivity contribution >= 4 is 11.9 Å². The largest absolute Gasteiger partial charge is 0.495 e. The van der Waals surface area contributed by atoms with Crippen LogP contribution in [0.15, 0.2) is 18.5 Å². The molecule has 2 aromatic rings. The van der Waals surface area contributed by atoms with Crippen molar-refractivity contribution in [3.63, 3.8) is 0 Å². The zero-order valence-electron chi connectivity index (χ0n) is 10.1. The van der Waals surface area contributed by atoms with Crippen LogP contribution < -0.4 is 4.74 Å². The fourth-order valence-electron chi connectivity index (χ4n) is 1.42. The van der Waals surface area contributed by atoms with Crippen LogP contribution in [0, 0.1) is 19.3 Å². The molecule has 4 heteroatoms. The Morgan fingerprint density at radius 3 is 2.76 bits per heavy atom. The lowest BCUT2D eigenvalue weighted by Gasteiger charge is -2.03. The number of hydrogen-bond acceptors (Lipinski definition) is 3. The van der Waals surface area contributed by atoms with E-state index in [9.17, 15) is 0 Å². The smallest absolute Gasteiger partial charge is 0.140 e. The normalized spacial score (nSPS) is 9.06. The van der Waals surface area contributed by atoms with Crippen LogP contribution in [0.4, 0.5) is 0 Å². The van der Waals surface area contributed by atoms with Gasteiger partial charge < -0.3 is 13.9 Å². The summed E-state index contributed by atoms with van der Waals surface area (Å²) in [7, 11) is 1.60. The Morgan fingerprint density at radius 2 is 2.24 bits per heavy atom. The number of aryl methyl sites for hydroxylation is 1. The minimum absolute atomic E-state index is 0. The van der Waals surface area contributed by atoms with Crippen molar-refractivity contribution in [1.29, 1.82) is 0 Å². The maximum atomic E-state index is 8.81. The molecule has 2 heterocycles. The summed E-state index contributed by atoms with van der Waals surface area (Å²) in [6.07, 6.45) is 9.88. The van der Waals surface area contributed by atoms with Crippen molar-refractivity contribution in [2.45, 2.75) is 13.8 Å². The quantitative estimate of drug-likeness (QED) is 0.558. The van der Waals surface area contributed by atoms with Gasteiger partial charge in [0.05, 0.1) is 18.4 Å². The fraction of sp³-hybridized carbons (Fsp3) is 0.231. The van der Waals surface area contributed by atoms with Crippen molar-refractivity contribution in [1.82, 2.24) is 9.38 Å². The predicted molar refractivity (Wildman–Crippen MR) is 68.3 cm³/mol. The summed E-state index contributed by atoms with van der Waals surface area (Å²) in [5, 5.41) is 0. The average molecular weight is 232 g/mol. The van der Waals surface area contributed by atoms with Gasteiger partial charge in [0.2, 0.25) is 0 Å². The summed E-state index contributed by atoms with van der Waals surface area (Å²) in [6.45, 7) is 3.38. The van der Waals surface area contributed by atoms with Gasteiger partial charge in [-0.1, -0.05) is 5.92 Å². The number of carbonyl (C=O) groups excluding carboxylic acids is 1. The first kappa shape index (κ1) is 12.8. The van der Waals surface area contributed by atoms with Crippen LogP contribution in [0.1, 0.15) is 19.6 Å². The number of terminal acetylenes is 1. The van der Waals surface area contributed by atoms with Gasteiger partial charge in [-0.2, -0.15) is 0 Å². The topological polar surface area (TPSA) is 43.6 Å². The monoisotopic (exact) mass is 232 g/mol. The van der Waals surface area contributed by atoms with Gasteiger partial charge >= 0.3 is 0 Å². The van der Waals surface area contributed by atoms with Gasteiger partial charge in [-0.3, -0.25) is 0 Å². The molecule has 0 aliphatic rings. The molecule has 90 valence electrons. The summed E-state index contributed by atoms with van der Waals surface area (Å²) >= 11 is 0. The van der Waals surface area contributed by atoms with Gasteiger partial charge in [0.25, 0.3) is 0 Å². The Bertz CT molecular complexity index is 570. The van der Waals surface area contributed by atoms with Crippen LogP contribution in [-0.2, 0) is 4.79 Å². The molecular weight excluding hydrogens is 216 g/mol. The second-order valence-corrected chi connectivity index (χ2v) is 3.28. The van der Waals surface area contributed by atoms with E-state index in [-0.39, 0.29) is 1.43 Å². The van der Waals surface area contributed by atoms with Crippen LogP contribution in [-0.4, -0.2) is 22.8 Å². The second-order valence-electron chi connectivity index (χ2n) is 3.28. The number of aldehydes is 1. The molecule has 0 aromatic carbocycles. The molecule has 0 saturated heterocycles. The van der Waals surface area contributed by atoms with Crippen molar-refractivity contribution in [2.75, 3.05) is 7.11 Å². The first-order valence-electron chi connectivity index (χ1n) is 5.06. The number of pyridine rings is 1. The van der Waals surface area contributed by atoms with Crippen molar-refractivity contribution in [3.05, 3.63) is 29.7 Å². The van der Waals surface area contributed by atoms with Crippen LogP contribution >= 0.6 is 0 Å². The van der Waals surface area contributed by atoms with E-state index in [2.05, 4.69) is 10.9 Å². The highest BCUT2D eigenvalue weighted by atomic mass is 16.5. The van der Waals surface area contributed by atoms with Gasteiger partial charge in [-0.15, -0.1) is 6.42 Å². The van der Waals surface area contributed by atoms with Crippen LogP contribution in [0.3, 0.4) is 0 Å². The highest BCUT2D eigenvalue weighted by Gasteiger charge is 2.04. The lowest BCUT2D eigenvalue weighted by atomic mass is 10.2. The molecule has 2 rings (SSSR count). The maximum Gasteiger partial charge on any atom is 0.140 e. The molecular formula is C13H16N2O2. The van der Waals surface area contributed by atoms with E-state index in [1.165, 1.54) is 6.92 Å². The van der Waals surface area contributed by atoms with Crippen LogP contribution in [0.25, 0.3) is 5.65 Å². The third-order valence-electron chi connectivity index (χ3n) is 2.05. The average Bonchev–Trinajstić information content (AvgIpc) is 2.67. The molecule has 0 atom stereocenters. The van der Waals surface area contributed by atoms with Gasteiger partial charge in [0, 0.05) is 19.9 Å². The summed E-state index contributed by atoms with van der Waals surface area (Å²) in [5.74, 6) is 3.26. The van der Waals surface area contributed by atoms with Gasteiger partial charge in [-0.25, -0.2) is 4.98 Å². The molecule has 0 bridgehead atoms.